The normalized spacial score (nSPS) is 10.2. The lowest BCUT2D eigenvalue weighted by molar-refractivity contribution is 0.569. The SMILES string of the molecule is CCc1cccc(-c2cnco2)n1. The molecule has 3 heteroatoms. The molecule has 2 aromatic rings. The number of nitrogens with zero attached hydrogens (tertiary/aromatic N) is 2. The maximum Gasteiger partial charge on any atom is 0.181 e. The molecule has 0 saturated carbocycles. The van der Waals surface area contributed by atoms with Crippen molar-refractivity contribution >= 4 is 0 Å². The Bertz CT molecular complexity index is 382. The molecule has 0 saturated heterocycles. The zero-order valence-electron chi connectivity index (χ0n) is 7.40. The van der Waals surface area contributed by atoms with E-state index in [9.17, 15) is 0 Å². The van der Waals surface area contributed by atoms with Gasteiger partial charge < -0.3 is 4.42 Å². The summed E-state index contributed by atoms with van der Waals surface area (Å²) in [6.07, 6.45) is 4.01. The van der Waals surface area contributed by atoms with Gasteiger partial charge in [0.15, 0.2) is 12.2 Å². The summed E-state index contributed by atoms with van der Waals surface area (Å²) in [5.74, 6) is 0.718. The van der Waals surface area contributed by atoms with E-state index in [1.165, 1.54) is 6.39 Å². The molecule has 0 amide bonds. The zero-order valence-corrected chi connectivity index (χ0v) is 7.40. The average Bonchev–Trinajstić information content (AvgIpc) is 2.71. The van der Waals surface area contributed by atoms with Crippen LogP contribution in [-0.4, -0.2) is 9.97 Å². The molecule has 0 unspecified atom stereocenters. The van der Waals surface area contributed by atoms with Gasteiger partial charge in [0.1, 0.15) is 5.69 Å². The Balaban J connectivity index is 2.41. The molecule has 0 aliphatic heterocycles. The fourth-order valence-electron chi connectivity index (χ4n) is 1.16. The van der Waals surface area contributed by atoms with Gasteiger partial charge in [-0.15, -0.1) is 0 Å². The van der Waals surface area contributed by atoms with Crippen molar-refractivity contribution in [2.75, 3.05) is 0 Å². The van der Waals surface area contributed by atoms with Crippen LogP contribution in [0.4, 0.5) is 0 Å². The number of rotatable bonds is 2. The van der Waals surface area contributed by atoms with Crippen molar-refractivity contribution in [3.8, 4) is 11.5 Å². The maximum absolute atomic E-state index is 5.15. The second kappa shape index (κ2) is 3.39. The Morgan fingerprint density at radius 1 is 1.38 bits per heavy atom. The van der Waals surface area contributed by atoms with Gasteiger partial charge in [0.05, 0.1) is 6.20 Å². The first-order valence-corrected chi connectivity index (χ1v) is 4.25. The third-order valence-electron chi connectivity index (χ3n) is 1.85. The Kier molecular flexibility index (Phi) is 2.08. The summed E-state index contributed by atoms with van der Waals surface area (Å²) < 4.78 is 5.15. The van der Waals surface area contributed by atoms with Crippen molar-refractivity contribution in [3.63, 3.8) is 0 Å². The highest BCUT2D eigenvalue weighted by Crippen LogP contribution is 2.15. The number of oxazole rings is 1. The molecular formula is C10H10N2O. The fraction of sp³-hybridized carbons (Fsp3) is 0.200. The number of hydrogen-bond acceptors (Lipinski definition) is 3. The topological polar surface area (TPSA) is 38.9 Å². The lowest BCUT2D eigenvalue weighted by Crippen LogP contribution is -1.88. The van der Waals surface area contributed by atoms with Crippen molar-refractivity contribution in [1.82, 2.24) is 9.97 Å². The van der Waals surface area contributed by atoms with Crippen LogP contribution in [0.3, 0.4) is 0 Å². The van der Waals surface area contributed by atoms with Crippen molar-refractivity contribution in [3.05, 3.63) is 36.5 Å². The van der Waals surface area contributed by atoms with Gasteiger partial charge in [-0.05, 0) is 18.6 Å². The average molecular weight is 174 g/mol. The van der Waals surface area contributed by atoms with E-state index in [2.05, 4.69) is 16.9 Å². The summed E-state index contributed by atoms with van der Waals surface area (Å²) in [4.78, 5) is 8.25. The second-order valence-electron chi connectivity index (χ2n) is 2.73. The van der Waals surface area contributed by atoms with Gasteiger partial charge in [-0.1, -0.05) is 13.0 Å². The largest absolute Gasteiger partial charge is 0.442 e. The van der Waals surface area contributed by atoms with Crippen molar-refractivity contribution in [1.29, 1.82) is 0 Å². The number of aromatic nitrogens is 2. The van der Waals surface area contributed by atoms with Crippen LogP contribution < -0.4 is 0 Å². The molecule has 2 aromatic heterocycles. The lowest BCUT2D eigenvalue weighted by atomic mass is 10.2. The zero-order chi connectivity index (χ0) is 9.10. The fourth-order valence-corrected chi connectivity index (χ4v) is 1.16. The molecular weight excluding hydrogens is 164 g/mol. The second-order valence-corrected chi connectivity index (χ2v) is 2.73. The van der Waals surface area contributed by atoms with Crippen LogP contribution in [0.1, 0.15) is 12.6 Å². The Morgan fingerprint density at radius 2 is 2.31 bits per heavy atom. The van der Waals surface area contributed by atoms with Gasteiger partial charge in [0.2, 0.25) is 0 Å². The van der Waals surface area contributed by atoms with Gasteiger partial charge in [-0.3, -0.25) is 0 Å². The quantitative estimate of drug-likeness (QED) is 0.701. The van der Waals surface area contributed by atoms with Crippen LogP contribution in [0, 0.1) is 0 Å². The Hall–Kier alpha value is -1.64. The number of hydrogen-bond donors (Lipinski definition) is 0. The molecule has 0 aliphatic carbocycles. The van der Waals surface area contributed by atoms with Gasteiger partial charge in [-0.2, -0.15) is 0 Å². The molecule has 13 heavy (non-hydrogen) atoms. The lowest BCUT2D eigenvalue weighted by Gasteiger charge is -1.97. The van der Waals surface area contributed by atoms with Crippen LogP contribution in [0.2, 0.25) is 0 Å². The summed E-state index contributed by atoms with van der Waals surface area (Å²) in [7, 11) is 0. The molecule has 0 bridgehead atoms. The standard InChI is InChI=1S/C10H10N2O/c1-2-8-4-3-5-9(12-8)10-6-11-7-13-10/h3-7H,2H2,1H3. The van der Waals surface area contributed by atoms with Crippen LogP contribution >= 0.6 is 0 Å². The van der Waals surface area contributed by atoms with E-state index in [-0.39, 0.29) is 0 Å². The summed E-state index contributed by atoms with van der Waals surface area (Å²) in [6.45, 7) is 2.08. The van der Waals surface area contributed by atoms with Gasteiger partial charge in [-0.25, -0.2) is 9.97 Å². The van der Waals surface area contributed by atoms with Crippen molar-refractivity contribution in [2.24, 2.45) is 0 Å². The molecule has 66 valence electrons. The van der Waals surface area contributed by atoms with E-state index < -0.39 is 0 Å². The third-order valence-corrected chi connectivity index (χ3v) is 1.85. The Morgan fingerprint density at radius 3 is 3.00 bits per heavy atom. The van der Waals surface area contributed by atoms with E-state index in [0.29, 0.717) is 0 Å². The smallest absolute Gasteiger partial charge is 0.181 e. The minimum Gasteiger partial charge on any atom is -0.442 e. The van der Waals surface area contributed by atoms with E-state index in [4.69, 9.17) is 4.42 Å². The summed E-state index contributed by atoms with van der Waals surface area (Å²) >= 11 is 0. The first-order valence-electron chi connectivity index (χ1n) is 4.25. The molecule has 0 aromatic carbocycles. The summed E-state index contributed by atoms with van der Waals surface area (Å²) in [6, 6.07) is 5.89. The first kappa shape index (κ1) is 7.98. The van der Waals surface area contributed by atoms with Gasteiger partial charge in [0.25, 0.3) is 0 Å². The predicted molar refractivity (Wildman–Crippen MR) is 49.1 cm³/mol. The van der Waals surface area contributed by atoms with Crippen molar-refractivity contribution < 1.29 is 4.42 Å². The molecule has 0 radical (unpaired) electrons. The third kappa shape index (κ3) is 1.59. The highest BCUT2D eigenvalue weighted by Gasteiger charge is 2.02. The molecule has 0 atom stereocenters. The number of aryl methyl sites for hydroxylation is 1. The highest BCUT2D eigenvalue weighted by atomic mass is 16.3. The molecule has 2 rings (SSSR count). The summed E-state index contributed by atoms with van der Waals surface area (Å²) in [5.41, 5.74) is 1.91. The Labute approximate surface area is 76.5 Å². The van der Waals surface area contributed by atoms with Gasteiger partial charge in [0, 0.05) is 5.69 Å². The van der Waals surface area contributed by atoms with Crippen LogP contribution in [0.15, 0.2) is 35.2 Å². The monoisotopic (exact) mass is 174 g/mol. The van der Waals surface area contributed by atoms with Gasteiger partial charge >= 0.3 is 0 Å². The minimum absolute atomic E-state index is 0.718. The molecule has 2 heterocycles. The molecule has 0 N–H and O–H groups in total. The van der Waals surface area contributed by atoms with E-state index >= 15 is 0 Å². The predicted octanol–water partition coefficient (Wildman–Crippen LogP) is 2.30. The maximum atomic E-state index is 5.15. The van der Waals surface area contributed by atoms with Crippen LogP contribution in [0.5, 0.6) is 0 Å². The molecule has 0 aliphatic rings. The highest BCUT2D eigenvalue weighted by molar-refractivity contribution is 5.50. The van der Waals surface area contributed by atoms with Crippen LogP contribution in [-0.2, 0) is 6.42 Å². The summed E-state index contributed by atoms with van der Waals surface area (Å²) in [5, 5.41) is 0. The number of pyridine rings is 1. The van der Waals surface area contributed by atoms with Crippen LogP contribution in [0.25, 0.3) is 11.5 Å². The van der Waals surface area contributed by atoms with Crippen molar-refractivity contribution in [2.45, 2.75) is 13.3 Å². The van der Waals surface area contributed by atoms with E-state index in [1.54, 1.807) is 6.20 Å². The van der Waals surface area contributed by atoms with E-state index in [0.717, 1.165) is 23.6 Å². The minimum atomic E-state index is 0.718. The first-order chi connectivity index (χ1) is 6.40. The molecule has 0 fully saturated rings. The molecule has 3 nitrogen and oxygen atoms in total. The van der Waals surface area contributed by atoms with E-state index in [1.807, 2.05) is 18.2 Å². The molecule has 0 spiro atoms.